The predicted octanol–water partition coefficient (Wildman–Crippen LogP) is 3.05. The molecule has 0 unspecified atom stereocenters. The van der Waals surface area contributed by atoms with Gasteiger partial charge < -0.3 is 0 Å². The number of anilines is 1. The van der Waals surface area contributed by atoms with Gasteiger partial charge in [-0.3, -0.25) is 14.9 Å². The van der Waals surface area contributed by atoms with Gasteiger partial charge in [0.2, 0.25) is 0 Å². The van der Waals surface area contributed by atoms with Crippen LogP contribution < -0.4 is 10.2 Å². The van der Waals surface area contributed by atoms with Crippen molar-refractivity contribution in [2.24, 2.45) is 0 Å². The quantitative estimate of drug-likeness (QED) is 0.691. The highest BCUT2D eigenvalue weighted by molar-refractivity contribution is 6.39. The molecule has 25 heavy (non-hydrogen) atoms. The van der Waals surface area contributed by atoms with Gasteiger partial charge in [0.05, 0.1) is 5.69 Å². The number of hydrogen-bond donors (Lipinski definition) is 1. The highest BCUT2D eigenvalue weighted by Crippen LogP contribution is 2.22. The first-order valence-electron chi connectivity index (χ1n) is 7.75. The number of urea groups is 1. The van der Waals surface area contributed by atoms with Gasteiger partial charge in [-0.2, -0.15) is 0 Å². The molecule has 3 rings (SSSR count). The minimum absolute atomic E-state index is 0.232. The van der Waals surface area contributed by atoms with Crippen LogP contribution in [0.4, 0.5) is 14.9 Å². The van der Waals surface area contributed by atoms with Crippen molar-refractivity contribution in [2.75, 3.05) is 4.90 Å². The zero-order chi connectivity index (χ0) is 18.0. The molecule has 0 saturated carbocycles. The molecule has 2 aromatic carbocycles. The number of carbonyl (C=O) groups excluding carboxylic acids is 3. The summed E-state index contributed by atoms with van der Waals surface area (Å²) in [6, 6.07) is 11.6. The first-order valence-corrected chi connectivity index (χ1v) is 7.75. The highest BCUT2D eigenvalue weighted by atomic mass is 19.1. The summed E-state index contributed by atoms with van der Waals surface area (Å²) in [6.45, 7) is 1.99. The molecule has 1 N–H and O–H groups in total. The molecule has 0 atom stereocenters. The number of rotatable bonds is 3. The third-order valence-corrected chi connectivity index (χ3v) is 3.86. The lowest BCUT2D eigenvalue weighted by molar-refractivity contribution is -0.122. The third-order valence-electron chi connectivity index (χ3n) is 3.86. The van der Waals surface area contributed by atoms with Crippen LogP contribution >= 0.6 is 0 Å². The number of nitrogens with one attached hydrogen (secondary N) is 1. The van der Waals surface area contributed by atoms with Crippen molar-refractivity contribution in [3.63, 3.8) is 0 Å². The Hall–Kier alpha value is -3.28. The summed E-state index contributed by atoms with van der Waals surface area (Å²) >= 11 is 0. The van der Waals surface area contributed by atoms with Crippen LogP contribution in [-0.4, -0.2) is 17.8 Å². The second-order valence-corrected chi connectivity index (χ2v) is 5.53. The monoisotopic (exact) mass is 338 g/mol. The largest absolute Gasteiger partial charge is 0.335 e. The fourth-order valence-corrected chi connectivity index (χ4v) is 2.54. The third kappa shape index (κ3) is 3.33. The number of nitrogens with zero attached hydrogens (tertiary/aromatic N) is 1. The van der Waals surface area contributed by atoms with E-state index in [-0.39, 0.29) is 5.57 Å². The Morgan fingerprint density at radius 3 is 2.44 bits per heavy atom. The zero-order valence-electron chi connectivity index (χ0n) is 13.5. The highest BCUT2D eigenvalue weighted by Gasteiger charge is 2.36. The molecular weight excluding hydrogens is 323 g/mol. The first-order chi connectivity index (χ1) is 12.0. The fourth-order valence-electron chi connectivity index (χ4n) is 2.54. The Morgan fingerprint density at radius 2 is 1.80 bits per heavy atom. The average Bonchev–Trinajstić information content (AvgIpc) is 2.59. The fraction of sp³-hybridized carbons (Fsp3) is 0.105. The number of benzene rings is 2. The van der Waals surface area contributed by atoms with Crippen molar-refractivity contribution in [3.05, 3.63) is 71.0 Å². The molecule has 0 radical (unpaired) electrons. The minimum Gasteiger partial charge on any atom is -0.273 e. The number of halogens is 1. The van der Waals surface area contributed by atoms with E-state index in [0.29, 0.717) is 11.3 Å². The Labute approximate surface area is 143 Å². The number of barbiturate groups is 1. The molecule has 0 aliphatic carbocycles. The van der Waals surface area contributed by atoms with E-state index in [0.717, 1.165) is 16.9 Å². The molecule has 1 saturated heterocycles. The molecule has 6 heteroatoms. The Bertz CT molecular complexity index is 888. The lowest BCUT2D eigenvalue weighted by atomic mass is 10.1. The van der Waals surface area contributed by atoms with Gasteiger partial charge in [0.25, 0.3) is 11.8 Å². The standard InChI is InChI=1S/C19H15FN2O3/c1-2-12-6-8-15(9-7-12)22-18(24)16(17(23)21-19(22)25)11-13-4-3-5-14(20)10-13/h3-11H,2H2,1H3,(H,21,23,25). The van der Waals surface area contributed by atoms with Gasteiger partial charge in [-0.05, 0) is 47.9 Å². The average molecular weight is 338 g/mol. The van der Waals surface area contributed by atoms with Crippen molar-refractivity contribution in [1.82, 2.24) is 5.32 Å². The smallest absolute Gasteiger partial charge is 0.273 e. The van der Waals surface area contributed by atoms with Gasteiger partial charge in [-0.25, -0.2) is 14.1 Å². The lowest BCUT2D eigenvalue weighted by Crippen LogP contribution is -2.54. The summed E-state index contributed by atoms with van der Waals surface area (Å²) in [5.41, 5.74) is 1.54. The van der Waals surface area contributed by atoms with Crippen LogP contribution in [-0.2, 0) is 16.0 Å². The van der Waals surface area contributed by atoms with Crippen molar-refractivity contribution in [2.45, 2.75) is 13.3 Å². The Kier molecular flexibility index (Phi) is 4.43. The van der Waals surface area contributed by atoms with Crippen LogP contribution in [0.3, 0.4) is 0 Å². The SMILES string of the molecule is CCc1ccc(N2C(=O)NC(=O)C(=Cc3cccc(F)c3)C2=O)cc1. The van der Waals surface area contributed by atoms with E-state index in [9.17, 15) is 18.8 Å². The maximum atomic E-state index is 13.3. The van der Waals surface area contributed by atoms with Gasteiger partial charge in [-0.1, -0.05) is 31.2 Å². The van der Waals surface area contributed by atoms with Crippen LogP contribution in [0.5, 0.6) is 0 Å². The van der Waals surface area contributed by atoms with E-state index in [4.69, 9.17) is 0 Å². The molecule has 2 aromatic rings. The van der Waals surface area contributed by atoms with E-state index in [1.165, 1.54) is 24.3 Å². The van der Waals surface area contributed by atoms with E-state index in [1.54, 1.807) is 18.2 Å². The second kappa shape index (κ2) is 6.68. The lowest BCUT2D eigenvalue weighted by Gasteiger charge is -2.26. The number of amides is 4. The van der Waals surface area contributed by atoms with Crippen molar-refractivity contribution in [3.8, 4) is 0 Å². The summed E-state index contributed by atoms with van der Waals surface area (Å²) in [4.78, 5) is 37.7. The number of hydrogen-bond acceptors (Lipinski definition) is 3. The molecule has 0 aromatic heterocycles. The second-order valence-electron chi connectivity index (χ2n) is 5.53. The molecule has 5 nitrogen and oxygen atoms in total. The Morgan fingerprint density at radius 1 is 1.08 bits per heavy atom. The van der Waals surface area contributed by atoms with Crippen LogP contribution in [0.1, 0.15) is 18.1 Å². The van der Waals surface area contributed by atoms with Gasteiger partial charge in [0.15, 0.2) is 0 Å². The number of imide groups is 2. The molecule has 1 heterocycles. The predicted molar refractivity (Wildman–Crippen MR) is 91.2 cm³/mol. The van der Waals surface area contributed by atoms with Gasteiger partial charge in [-0.15, -0.1) is 0 Å². The molecule has 4 amide bonds. The van der Waals surface area contributed by atoms with E-state index >= 15 is 0 Å². The number of aryl methyl sites for hydroxylation is 1. The normalized spacial score (nSPS) is 16.3. The van der Waals surface area contributed by atoms with E-state index < -0.39 is 23.7 Å². The molecule has 1 aliphatic heterocycles. The van der Waals surface area contributed by atoms with Crippen molar-refractivity contribution >= 4 is 29.6 Å². The van der Waals surface area contributed by atoms with Crippen LogP contribution in [0.25, 0.3) is 6.08 Å². The van der Waals surface area contributed by atoms with Crippen molar-refractivity contribution < 1.29 is 18.8 Å². The molecule has 1 aliphatic rings. The summed E-state index contributed by atoms with van der Waals surface area (Å²) in [5, 5.41) is 2.14. The van der Waals surface area contributed by atoms with E-state index in [2.05, 4.69) is 5.32 Å². The summed E-state index contributed by atoms with van der Waals surface area (Å²) in [6.07, 6.45) is 2.09. The van der Waals surface area contributed by atoms with Crippen LogP contribution in [0.15, 0.2) is 54.1 Å². The minimum atomic E-state index is -0.810. The van der Waals surface area contributed by atoms with Crippen LogP contribution in [0.2, 0.25) is 0 Å². The molecule has 1 fully saturated rings. The topological polar surface area (TPSA) is 66.5 Å². The number of carbonyl (C=O) groups is 3. The molecule has 0 spiro atoms. The van der Waals surface area contributed by atoms with Gasteiger partial charge in [0.1, 0.15) is 11.4 Å². The zero-order valence-corrected chi connectivity index (χ0v) is 13.5. The Balaban J connectivity index is 1.99. The molecule has 0 bridgehead atoms. The van der Waals surface area contributed by atoms with E-state index in [1.807, 2.05) is 19.1 Å². The van der Waals surface area contributed by atoms with Crippen molar-refractivity contribution in [1.29, 1.82) is 0 Å². The maximum Gasteiger partial charge on any atom is 0.335 e. The van der Waals surface area contributed by atoms with Gasteiger partial charge >= 0.3 is 6.03 Å². The first kappa shape index (κ1) is 16.6. The summed E-state index contributed by atoms with van der Waals surface area (Å²) < 4.78 is 13.3. The molecular formula is C19H15FN2O3. The van der Waals surface area contributed by atoms with Gasteiger partial charge in [0, 0.05) is 0 Å². The molecule has 126 valence electrons. The maximum absolute atomic E-state index is 13.3. The summed E-state index contributed by atoms with van der Waals surface area (Å²) in [7, 11) is 0. The van der Waals surface area contributed by atoms with Crippen LogP contribution in [0, 0.1) is 5.82 Å². The summed E-state index contributed by atoms with van der Waals surface area (Å²) in [5.74, 6) is -2.04.